The number of nitrogens with zero attached hydrogens (tertiary/aromatic N) is 1. The number of carbonyl (C=O) groups is 3. The van der Waals surface area contributed by atoms with Crippen LogP contribution in [0.4, 0.5) is 0 Å². The number of esters is 1. The van der Waals surface area contributed by atoms with E-state index in [0.717, 1.165) is 5.56 Å². The average molecular weight is 408 g/mol. The Labute approximate surface area is 177 Å². The van der Waals surface area contributed by atoms with Gasteiger partial charge in [0.2, 0.25) is 5.91 Å². The van der Waals surface area contributed by atoms with Crippen LogP contribution in [0.1, 0.15) is 44.7 Å². The smallest absolute Gasteiger partial charge is 0.331 e. The molecular formula is C24H28N2O4. The molecule has 0 aliphatic carbocycles. The van der Waals surface area contributed by atoms with E-state index in [-0.39, 0.29) is 25.0 Å². The van der Waals surface area contributed by atoms with E-state index in [1.807, 2.05) is 60.7 Å². The average Bonchev–Trinajstić information content (AvgIpc) is 2.74. The van der Waals surface area contributed by atoms with Gasteiger partial charge < -0.3 is 15.0 Å². The first-order valence-electron chi connectivity index (χ1n) is 10.2. The van der Waals surface area contributed by atoms with Crippen molar-refractivity contribution in [2.24, 2.45) is 0 Å². The molecular weight excluding hydrogens is 380 g/mol. The van der Waals surface area contributed by atoms with E-state index in [9.17, 15) is 14.4 Å². The predicted octanol–water partition coefficient (Wildman–Crippen LogP) is 3.16. The molecule has 0 radical (unpaired) electrons. The maximum Gasteiger partial charge on any atom is 0.331 e. The first kappa shape index (κ1) is 21.6. The Morgan fingerprint density at radius 3 is 2.20 bits per heavy atom. The van der Waals surface area contributed by atoms with Crippen molar-refractivity contribution in [1.29, 1.82) is 0 Å². The molecule has 2 amide bonds. The Morgan fingerprint density at radius 1 is 1.03 bits per heavy atom. The van der Waals surface area contributed by atoms with Crippen molar-refractivity contribution in [3.63, 3.8) is 0 Å². The lowest BCUT2D eigenvalue weighted by Gasteiger charge is -2.50. The van der Waals surface area contributed by atoms with Gasteiger partial charge >= 0.3 is 5.97 Å². The molecule has 2 atom stereocenters. The lowest BCUT2D eigenvalue weighted by molar-refractivity contribution is -0.173. The van der Waals surface area contributed by atoms with Gasteiger partial charge in [-0.25, -0.2) is 4.79 Å². The molecule has 30 heavy (non-hydrogen) atoms. The normalized spacial score (nSPS) is 23.7. The number of carbonyl (C=O) groups excluding carboxylic acids is 3. The summed E-state index contributed by atoms with van der Waals surface area (Å²) in [7, 11) is 0. The summed E-state index contributed by atoms with van der Waals surface area (Å²) in [4.78, 5) is 40.6. The summed E-state index contributed by atoms with van der Waals surface area (Å²) in [5.74, 6) is -1.04. The Balaban J connectivity index is 2.10. The van der Waals surface area contributed by atoms with Crippen LogP contribution in [0.25, 0.3) is 0 Å². The predicted molar refractivity (Wildman–Crippen MR) is 113 cm³/mol. The zero-order chi connectivity index (χ0) is 21.8. The highest BCUT2D eigenvalue weighted by Crippen LogP contribution is 2.41. The van der Waals surface area contributed by atoms with Gasteiger partial charge in [0, 0.05) is 13.5 Å². The number of likely N-dealkylation sites (tertiary alicyclic amines) is 1. The maximum atomic E-state index is 14.0. The first-order valence-corrected chi connectivity index (χ1v) is 10.2. The minimum absolute atomic E-state index is 0.233. The second-order valence-corrected chi connectivity index (χ2v) is 7.82. The van der Waals surface area contributed by atoms with E-state index in [0.29, 0.717) is 18.4 Å². The second-order valence-electron chi connectivity index (χ2n) is 7.82. The van der Waals surface area contributed by atoms with Crippen LogP contribution in [-0.4, -0.2) is 34.8 Å². The number of hydrogen-bond acceptors (Lipinski definition) is 4. The highest BCUT2D eigenvalue weighted by molar-refractivity contribution is 5.97. The fraction of sp³-hybridized carbons (Fsp3) is 0.375. The monoisotopic (exact) mass is 408 g/mol. The topological polar surface area (TPSA) is 75.7 Å². The molecule has 1 heterocycles. The molecule has 0 unspecified atom stereocenters. The van der Waals surface area contributed by atoms with Crippen molar-refractivity contribution in [2.75, 3.05) is 6.61 Å². The minimum Gasteiger partial charge on any atom is -0.464 e. The van der Waals surface area contributed by atoms with Crippen LogP contribution in [0.5, 0.6) is 0 Å². The molecule has 0 bridgehead atoms. The van der Waals surface area contributed by atoms with E-state index in [1.54, 1.807) is 18.7 Å². The molecule has 2 aromatic carbocycles. The van der Waals surface area contributed by atoms with E-state index in [2.05, 4.69) is 5.32 Å². The highest BCUT2D eigenvalue weighted by atomic mass is 16.5. The van der Waals surface area contributed by atoms with Gasteiger partial charge in [-0.2, -0.15) is 0 Å². The first-order chi connectivity index (χ1) is 14.3. The Morgan fingerprint density at radius 2 is 1.63 bits per heavy atom. The molecule has 2 aromatic rings. The van der Waals surface area contributed by atoms with Gasteiger partial charge in [-0.1, -0.05) is 60.7 Å². The molecule has 1 N–H and O–H groups in total. The minimum atomic E-state index is -1.23. The van der Waals surface area contributed by atoms with Crippen molar-refractivity contribution in [3.8, 4) is 0 Å². The van der Waals surface area contributed by atoms with Crippen LogP contribution in [-0.2, 0) is 31.2 Å². The van der Waals surface area contributed by atoms with Gasteiger partial charge in [-0.05, 0) is 37.8 Å². The maximum absolute atomic E-state index is 14.0. The second kappa shape index (κ2) is 8.69. The van der Waals surface area contributed by atoms with Gasteiger partial charge in [-0.15, -0.1) is 0 Å². The van der Waals surface area contributed by atoms with Crippen molar-refractivity contribution >= 4 is 17.8 Å². The number of hydrogen-bond donors (Lipinski definition) is 1. The summed E-state index contributed by atoms with van der Waals surface area (Å²) in [6.45, 7) is 5.37. The molecule has 1 aliphatic rings. The van der Waals surface area contributed by atoms with Crippen LogP contribution in [0.3, 0.4) is 0 Å². The molecule has 1 fully saturated rings. The van der Waals surface area contributed by atoms with Crippen molar-refractivity contribution < 1.29 is 19.1 Å². The SMILES string of the molecule is CCOC(=O)[C@@]1(C)CC[C@](NC(C)=O)(c2ccccc2)C(=O)N1Cc1ccccc1. The molecule has 0 spiro atoms. The molecule has 3 rings (SSSR count). The lowest BCUT2D eigenvalue weighted by Crippen LogP contribution is -2.68. The highest BCUT2D eigenvalue weighted by Gasteiger charge is 2.56. The summed E-state index contributed by atoms with van der Waals surface area (Å²) >= 11 is 0. The van der Waals surface area contributed by atoms with Crippen molar-refractivity contribution in [2.45, 2.75) is 51.2 Å². The summed E-state index contributed by atoms with van der Waals surface area (Å²) in [6.07, 6.45) is 0.662. The summed E-state index contributed by atoms with van der Waals surface area (Å²) in [5, 5.41) is 2.90. The van der Waals surface area contributed by atoms with E-state index in [1.165, 1.54) is 6.92 Å². The van der Waals surface area contributed by atoms with E-state index >= 15 is 0 Å². The van der Waals surface area contributed by atoms with Gasteiger partial charge in [0.05, 0.1) is 6.61 Å². The van der Waals surface area contributed by atoms with E-state index < -0.39 is 17.0 Å². The molecule has 1 aliphatic heterocycles. The van der Waals surface area contributed by atoms with Crippen LogP contribution < -0.4 is 5.32 Å². The number of nitrogens with one attached hydrogen (secondary N) is 1. The van der Waals surface area contributed by atoms with Crippen LogP contribution in [0.2, 0.25) is 0 Å². The fourth-order valence-corrected chi connectivity index (χ4v) is 4.12. The standard InChI is InChI=1S/C24H28N2O4/c1-4-30-22(29)23(3)15-16-24(25-18(2)27,20-13-9-6-10-14-20)21(28)26(23)17-19-11-7-5-8-12-19/h5-14H,4,15-17H2,1-3H3,(H,25,27)/t23-,24+/m1/s1. The molecule has 6 nitrogen and oxygen atoms in total. The number of rotatable bonds is 6. The Hall–Kier alpha value is -3.15. The van der Waals surface area contributed by atoms with Gasteiger partial charge in [0.25, 0.3) is 5.91 Å². The van der Waals surface area contributed by atoms with Gasteiger partial charge in [0.1, 0.15) is 11.1 Å². The molecule has 0 aromatic heterocycles. The van der Waals surface area contributed by atoms with Crippen molar-refractivity contribution in [3.05, 3.63) is 71.8 Å². The molecule has 0 saturated carbocycles. The van der Waals surface area contributed by atoms with Gasteiger partial charge in [-0.3, -0.25) is 9.59 Å². The van der Waals surface area contributed by atoms with Crippen LogP contribution in [0.15, 0.2) is 60.7 Å². The molecule has 158 valence electrons. The Bertz CT molecular complexity index is 915. The number of benzene rings is 2. The van der Waals surface area contributed by atoms with Crippen molar-refractivity contribution in [1.82, 2.24) is 10.2 Å². The largest absolute Gasteiger partial charge is 0.464 e. The summed E-state index contributed by atoms with van der Waals surface area (Å²) in [6, 6.07) is 18.7. The number of amides is 2. The number of ether oxygens (including phenoxy) is 1. The molecule has 6 heteroatoms. The summed E-state index contributed by atoms with van der Waals surface area (Å²) < 4.78 is 5.34. The van der Waals surface area contributed by atoms with Crippen LogP contribution >= 0.6 is 0 Å². The van der Waals surface area contributed by atoms with Crippen LogP contribution in [0, 0.1) is 0 Å². The number of piperidine rings is 1. The van der Waals surface area contributed by atoms with Gasteiger partial charge in [0.15, 0.2) is 0 Å². The molecule has 1 saturated heterocycles. The quantitative estimate of drug-likeness (QED) is 0.745. The zero-order valence-corrected chi connectivity index (χ0v) is 17.7. The lowest BCUT2D eigenvalue weighted by atomic mass is 9.74. The third kappa shape index (κ3) is 3.95. The van der Waals surface area contributed by atoms with E-state index in [4.69, 9.17) is 4.74 Å². The fourth-order valence-electron chi connectivity index (χ4n) is 4.12. The zero-order valence-electron chi connectivity index (χ0n) is 17.7. The third-order valence-corrected chi connectivity index (χ3v) is 5.75. The Kier molecular flexibility index (Phi) is 6.25. The summed E-state index contributed by atoms with van der Waals surface area (Å²) in [5.41, 5.74) is -0.754. The third-order valence-electron chi connectivity index (χ3n) is 5.75.